The molecule has 0 atom stereocenters. The second-order valence-corrected chi connectivity index (χ2v) is 4.03. The maximum atomic E-state index is 11.9. The van der Waals surface area contributed by atoms with Gasteiger partial charge in [0, 0.05) is 17.4 Å². The Kier molecular flexibility index (Phi) is 3.19. The summed E-state index contributed by atoms with van der Waals surface area (Å²) >= 11 is 0. The molecule has 92 valence electrons. The van der Waals surface area contributed by atoms with Gasteiger partial charge >= 0.3 is 5.97 Å². The molecule has 0 fully saturated rings. The topological polar surface area (TPSA) is 78.3 Å². The first-order chi connectivity index (χ1) is 8.56. The van der Waals surface area contributed by atoms with E-state index in [0.717, 1.165) is 5.56 Å². The summed E-state index contributed by atoms with van der Waals surface area (Å²) in [6.45, 7) is 1.84. The molecule has 0 saturated heterocycles. The van der Waals surface area contributed by atoms with Crippen molar-refractivity contribution in [1.82, 2.24) is 0 Å². The molecule has 2 aromatic rings. The fraction of sp³-hybridized carbons (Fsp3) is 0.0714. The number of benzene rings is 2. The molecule has 0 aromatic heterocycles. The number of ether oxygens (including phenoxy) is 1. The van der Waals surface area contributed by atoms with Crippen molar-refractivity contribution in [2.45, 2.75) is 6.92 Å². The third kappa shape index (κ3) is 2.60. The molecule has 0 aliphatic carbocycles. The molecule has 0 unspecified atom stereocenters. The van der Waals surface area contributed by atoms with Crippen LogP contribution in [0.5, 0.6) is 5.75 Å². The quantitative estimate of drug-likeness (QED) is 0.481. The van der Waals surface area contributed by atoms with Crippen LogP contribution in [0.2, 0.25) is 0 Å². The van der Waals surface area contributed by atoms with Crippen molar-refractivity contribution >= 4 is 17.3 Å². The smallest absolute Gasteiger partial charge is 0.343 e. The number of carbonyl (C=O) groups is 1. The highest BCUT2D eigenvalue weighted by molar-refractivity contribution is 5.91. The summed E-state index contributed by atoms with van der Waals surface area (Å²) in [5.41, 5.74) is 13.8. The third-order valence-electron chi connectivity index (χ3n) is 2.57. The van der Waals surface area contributed by atoms with Gasteiger partial charge in [-0.05, 0) is 42.8 Å². The van der Waals surface area contributed by atoms with E-state index >= 15 is 0 Å². The number of hydrogen-bond donors (Lipinski definition) is 2. The van der Waals surface area contributed by atoms with Crippen molar-refractivity contribution in [2.24, 2.45) is 0 Å². The molecule has 4 nitrogen and oxygen atoms in total. The first-order valence-corrected chi connectivity index (χ1v) is 5.50. The standard InChI is InChI=1S/C14H14N2O2/c1-9-7-10(5-6-13(9)16)14(17)18-12-4-2-3-11(15)8-12/h2-8H,15-16H2,1H3. The van der Waals surface area contributed by atoms with Gasteiger partial charge in [0.15, 0.2) is 0 Å². The monoisotopic (exact) mass is 242 g/mol. The average Bonchev–Trinajstić information content (AvgIpc) is 2.32. The van der Waals surface area contributed by atoms with Gasteiger partial charge in [-0.1, -0.05) is 6.07 Å². The van der Waals surface area contributed by atoms with Crippen LogP contribution in [-0.2, 0) is 0 Å². The molecule has 0 aliphatic rings. The van der Waals surface area contributed by atoms with E-state index in [1.54, 1.807) is 42.5 Å². The Morgan fingerprint density at radius 2 is 1.89 bits per heavy atom. The molecule has 18 heavy (non-hydrogen) atoms. The fourth-order valence-corrected chi connectivity index (χ4v) is 1.55. The van der Waals surface area contributed by atoms with Crippen LogP contribution in [0.1, 0.15) is 15.9 Å². The molecule has 0 heterocycles. The molecular weight excluding hydrogens is 228 g/mol. The summed E-state index contributed by atoms with van der Waals surface area (Å²) < 4.78 is 5.22. The normalized spacial score (nSPS) is 10.1. The highest BCUT2D eigenvalue weighted by atomic mass is 16.5. The largest absolute Gasteiger partial charge is 0.423 e. The lowest BCUT2D eigenvalue weighted by Gasteiger charge is -2.06. The van der Waals surface area contributed by atoms with Crippen LogP contribution in [0.15, 0.2) is 42.5 Å². The first kappa shape index (κ1) is 12.0. The van der Waals surface area contributed by atoms with E-state index in [1.165, 1.54) is 0 Å². The Balaban J connectivity index is 2.19. The Bertz CT molecular complexity index is 594. The maximum absolute atomic E-state index is 11.9. The minimum atomic E-state index is -0.427. The molecule has 4 heteroatoms. The van der Waals surface area contributed by atoms with Crippen LogP contribution >= 0.6 is 0 Å². The Hall–Kier alpha value is -2.49. The van der Waals surface area contributed by atoms with Crippen LogP contribution in [-0.4, -0.2) is 5.97 Å². The molecule has 0 aliphatic heterocycles. The van der Waals surface area contributed by atoms with Crippen molar-refractivity contribution in [3.8, 4) is 5.75 Å². The van der Waals surface area contributed by atoms with Crippen LogP contribution < -0.4 is 16.2 Å². The molecule has 0 bridgehead atoms. The van der Waals surface area contributed by atoms with E-state index in [4.69, 9.17) is 16.2 Å². The number of nitrogens with two attached hydrogens (primary N) is 2. The van der Waals surface area contributed by atoms with Gasteiger partial charge in [0.1, 0.15) is 5.75 Å². The second kappa shape index (κ2) is 4.79. The van der Waals surface area contributed by atoms with E-state index in [0.29, 0.717) is 22.7 Å². The van der Waals surface area contributed by atoms with E-state index in [9.17, 15) is 4.79 Å². The van der Waals surface area contributed by atoms with E-state index in [1.807, 2.05) is 6.92 Å². The zero-order valence-corrected chi connectivity index (χ0v) is 10.0. The Labute approximate surface area is 105 Å². The summed E-state index contributed by atoms with van der Waals surface area (Å²) in [6.07, 6.45) is 0. The molecule has 2 aromatic carbocycles. The maximum Gasteiger partial charge on any atom is 0.343 e. The van der Waals surface area contributed by atoms with Gasteiger partial charge < -0.3 is 16.2 Å². The lowest BCUT2D eigenvalue weighted by molar-refractivity contribution is 0.0735. The number of aryl methyl sites for hydroxylation is 1. The lowest BCUT2D eigenvalue weighted by Crippen LogP contribution is -2.09. The zero-order chi connectivity index (χ0) is 13.1. The number of carbonyl (C=O) groups excluding carboxylic acids is 1. The molecule has 0 spiro atoms. The second-order valence-electron chi connectivity index (χ2n) is 4.03. The summed E-state index contributed by atoms with van der Waals surface area (Å²) in [7, 11) is 0. The van der Waals surface area contributed by atoms with Gasteiger partial charge in [-0.15, -0.1) is 0 Å². The van der Waals surface area contributed by atoms with Crippen molar-refractivity contribution in [2.75, 3.05) is 11.5 Å². The van der Waals surface area contributed by atoms with Gasteiger partial charge in [-0.3, -0.25) is 0 Å². The molecule has 4 N–H and O–H groups in total. The van der Waals surface area contributed by atoms with Crippen molar-refractivity contribution < 1.29 is 9.53 Å². The fourth-order valence-electron chi connectivity index (χ4n) is 1.55. The minimum absolute atomic E-state index is 0.425. The predicted octanol–water partition coefficient (Wildman–Crippen LogP) is 2.38. The Morgan fingerprint density at radius 3 is 2.56 bits per heavy atom. The third-order valence-corrected chi connectivity index (χ3v) is 2.57. The lowest BCUT2D eigenvalue weighted by atomic mass is 10.1. The highest BCUT2D eigenvalue weighted by Crippen LogP contribution is 2.18. The van der Waals surface area contributed by atoms with Crippen LogP contribution in [0.3, 0.4) is 0 Å². The average molecular weight is 242 g/mol. The summed E-state index contributed by atoms with van der Waals surface area (Å²) in [4.78, 5) is 11.9. The minimum Gasteiger partial charge on any atom is -0.423 e. The summed E-state index contributed by atoms with van der Waals surface area (Å²) in [5.74, 6) is -0.00169. The van der Waals surface area contributed by atoms with Crippen molar-refractivity contribution in [3.63, 3.8) is 0 Å². The van der Waals surface area contributed by atoms with E-state index in [2.05, 4.69) is 0 Å². The molecule has 0 saturated carbocycles. The van der Waals surface area contributed by atoms with Crippen LogP contribution in [0.4, 0.5) is 11.4 Å². The Morgan fingerprint density at radius 1 is 1.11 bits per heavy atom. The molecule has 2 rings (SSSR count). The number of hydrogen-bond acceptors (Lipinski definition) is 4. The number of esters is 1. The van der Waals surface area contributed by atoms with Crippen molar-refractivity contribution in [3.05, 3.63) is 53.6 Å². The SMILES string of the molecule is Cc1cc(C(=O)Oc2cccc(N)c2)ccc1N. The first-order valence-electron chi connectivity index (χ1n) is 5.50. The summed E-state index contributed by atoms with van der Waals surface area (Å²) in [5, 5.41) is 0. The van der Waals surface area contributed by atoms with Gasteiger partial charge in [0.2, 0.25) is 0 Å². The number of rotatable bonds is 2. The highest BCUT2D eigenvalue weighted by Gasteiger charge is 2.09. The van der Waals surface area contributed by atoms with Gasteiger partial charge in [0.25, 0.3) is 0 Å². The van der Waals surface area contributed by atoms with Crippen LogP contribution in [0, 0.1) is 6.92 Å². The van der Waals surface area contributed by atoms with E-state index in [-0.39, 0.29) is 0 Å². The van der Waals surface area contributed by atoms with Crippen molar-refractivity contribution in [1.29, 1.82) is 0 Å². The van der Waals surface area contributed by atoms with Gasteiger partial charge in [-0.25, -0.2) is 4.79 Å². The predicted molar refractivity (Wildman–Crippen MR) is 71.4 cm³/mol. The van der Waals surface area contributed by atoms with E-state index < -0.39 is 5.97 Å². The van der Waals surface area contributed by atoms with Gasteiger partial charge in [0.05, 0.1) is 5.56 Å². The van der Waals surface area contributed by atoms with Gasteiger partial charge in [-0.2, -0.15) is 0 Å². The van der Waals surface area contributed by atoms with Crippen LogP contribution in [0.25, 0.3) is 0 Å². The molecule has 0 amide bonds. The number of anilines is 2. The summed E-state index contributed by atoms with van der Waals surface area (Å²) in [6, 6.07) is 11.8. The molecule has 0 radical (unpaired) electrons. The number of nitrogen functional groups attached to an aromatic ring is 2. The zero-order valence-electron chi connectivity index (χ0n) is 10.0. The molecular formula is C14H14N2O2.